The summed E-state index contributed by atoms with van der Waals surface area (Å²) in [5, 5.41) is 20.6. The van der Waals surface area contributed by atoms with Crippen LogP contribution in [0.4, 0.5) is 5.69 Å². The Hall–Kier alpha value is -0.425. The maximum atomic E-state index is 10.6. The number of rotatable bonds is 3. The molecule has 17 heavy (non-hydrogen) atoms. The molecule has 0 bridgehead atoms. The van der Waals surface area contributed by atoms with Crippen LogP contribution in [0.1, 0.15) is 13.8 Å². The molecule has 0 aliphatic carbocycles. The summed E-state index contributed by atoms with van der Waals surface area (Å²) >= 11 is 0. The Balaban J connectivity index is -0.000000247. The third-order valence-electron chi connectivity index (χ3n) is 1.47. The van der Waals surface area contributed by atoms with Gasteiger partial charge in [-0.3, -0.25) is 10.1 Å². The summed E-state index contributed by atoms with van der Waals surface area (Å²) in [6.45, 7) is 5.67. The van der Waals surface area contributed by atoms with Crippen LogP contribution in [0.25, 0.3) is 0 Å². The van der Waals surface area contributed by atoms with E-state index in [1.54, 1.807) is 0 Å². The summed E-state index contributed by atoms with van der Waals surface area (Å²) in [5.74, 6) is -0.549. The van der Waals surface area contributed by atoms with Crippen molar-refractivity contribution < 1.29 is 33.6 Å². The van der Waals surface area contributed by atoms with Gasteiger partial charge in [-0.2, -0.15) is 0 Å². The summed E-state index contributed by atoms with van der Waals surface area (Å²) in [6, 6.07) is 5.27. The molecule has 0 heterocycles. The van der Waals surface area contributed by atoms with Gasteiger partial charge in [0, 0.05) is 19.3 Å². The number of hydrogen-bond acceptors (Lipinski definition) is 4. The molecule has 0 N–H and O–H groups in total. The molecular formula is C10H15Li2NO4. The summed E-state index contributed by atoms with van der Waals surface area (Å²) < 4.78 is 4.83. The number of nitrogens with zero attached hydrogens (tertiary/aromatic N) is 1. The Labute approximate surface area is 125 Å². The standard InChI is InChI=1S/C6H5NO3.C4H10O.2Li.H/c8-6-4-2-1-3-5(6)7(9)10;1-3-5-4-2;;;/h1-4,8H;3-4H2,1-2H3;;;/q;;;+1;/p-1. The number of ether oxygens (including phenoxy) is 1. The molecule has 0 aliphatic heterocycles. The summed E-state index contributed by atoms with van der Waals surface area (Å²) in [6.07, 6.45) is 0. The van der Waals surface area contributed by atoms with Gasteiger partial charge in [-0.15, -0.1) is 0 Å². The van der Waals surface area contributed by atoms with Gasteiger partial charge < -0.3 is 9.84 Å². The molecule has 0 spiro atoms. The Bertz CT molecular complexity index is 308. The zero-order valence-corrected chi connectivity index (χ0v) is 9.80. The second kappa shape index (κ2) is 13.6. The van der Waals surface area contributed by atoms with E-state index < -0.39 is 10.7 Å². The predicted molar refractivity (Wildman–Crippen MR) is 61.9 cm³/mol. The number of para-hydroxylation sites is 2. The molecule has 7 heteroatoms. The normalized spacial score (nSPS) is 7.88. The van der Waals surface area contributed by atoms with Crippen molar-refractivity contribution in [3.05, 3.63) is 34.4 Å². The molecule has 0 fully saturated rings. The van der Waals surface area contributed by atoms with Crippen molar-refractivity contribution in [2.45, 2.75) is 13.8 Å². The van der Waals surface area contributed by atoms with Gasteiger partial charge in [0.2, 0.25) is 0 Å². The van der Waals surface area contributed by atoms with E-state index in [4.69, 9.17) is 4.74 Å². The quantitative estimate of drug-likeness (QED) is 0.342. The van der Waals surface area contributed by atoms with Crippen molar-refractivity contribution >= 4 is 24.5 Å². The van der Waals surface area contributed by atoms with Crippen LogP contribution in [0.2, 0.25) is 0 Å². The van der Waals surface area contributed by atoms with Crippen LogP contribution in [-0.4, -0.2) is 37.0 Å². The van der Waals surface area contributed by atoms with Gasteiger partial charge in [0.15, 0.2) is 0 Å². The van der Waals surface area contributed by atoms with E-state index in [0.29, 0.717) is 0 Å². The zero-order valence-electron chi connectivity index (χ0n) is 9.80. The van der Waals surface area contributed by atoms with E-state index in [2.05, 4.69) is 0 Å². The molecule has 0 amide bonds. The van der Waals surface area contributed by atoms with Crippen LogP contribution in [-0.2, 0) is 4.74 Å². The SMILES string of the molecule is CCOCC.O=[N+]([O-])c1ccccc1[O-].[Li+].[LiH]. The van der Waals surface area contributed by atoms with E-state index in [1.807, 2.05) is 13.8 Å². The first-order valence-corrected chi connectivity index (χ1v) is 4.61. The predicted octanol–water partition coefficient (Wildman–Crippen LogP) is -1.93. The fourth-order valence-electron chi connectivity index (χ4n) is 0.812. The van der Waals surface area contributed by atoms with E-state index in [-0.39, 0.29) is 43.4 Å². The zero-order chi connectivity index (χ0) is 11.7. The van der Waals surface area contributed by atoms with Gasteiger partial charge in [0.05, 0.1) is 4.92 Å². The molecule has 5 nitrogen and oxygen atoms in total. The fourth-order valence-corrected chi connectivity index (χ4v) is 0.812. The van der Waals surface area contributed by atoms with Crippen molar-refractivity contribution in [1.82, 2.24) is 0 Å². The van der Waals surface area contributed by atoms with E-state index in [0.717, 1.165) is 19.3 Å². The number of nitro benzene ring substituents is 1. The first-order valence-electron chi connectivity index (χ1n) is 4.61. The number of benzene rings is 1. The first-order chi connectivity index (χ1) is 7.13. The summed E-state index contributed by atoms with van der Waals surface area (Å²) in [4.78, 5) is 9.34. The molecule has 0 saturated heterocycles. The Morgan fingerprint density at radius 3 is 1.94 bits per heavy atom. The van der Waals surface area contributed by atoms with Crippen molar-refractivity contribution in [2.75, 3.05) is 13.2 Å². The molecule has 0 unspecified atom stereocenters. The molecule has 1 rings (SSSR count). The molecule has 1 aromatic rings. The van der Waals surface area contributed by atoms with Gasteiger partial charge in [-0.25, -0.2) is 0 Å². The molecule has 0 radical (unpaired) electrons. The van der Waals surface area contributed by atoms with Crippen molar-refractivity contribution in [2.24, 2.45) is 0 Å². The summed E-state index contributed by atoms with van der Waals surface area (Å²) in [7, 11) is 0. The van der Waals surface area contributed by atoms with Crippen LogP contribution in [0.3, 0.4) is 0 Å². The van der Waals surface area contributed by atoms with Crippen LogP contribution < -0.4 is 24.0 Å². The monoisotopic (exact) mass is 227 g/mol. The Morgan fingerprint density at radius 2 is 1.71 bits per heavy atom. The topological polar surface area (TPSA) is 75.4 Å². The van der Waals surface area contributed by atoms with E-state index in [9.17, 15) is 15.2 Å². The molecule has 1 aromatic carbocycles. The molecule has 86 valence electrons. The Morgan fingerprint density at radius 1 is 1.24 bits per heavy atom. The molecule has 0 atom stereocenters. The molecular weight excluding hydrogens is 212 g/mol. The fraction of sp³-hybridized carbons (Fsp3) is 0.400. The van der Waals surface area contributed by atoms with Crippen LogP contribution in [0, 0.1) is 10.1 Å². The van der Waals surface area contributed by atoms with Crippen molar-refractivity contribution in [3.8, 4) is 5.75 Å². The van der Waals surface area contributed by atoms with Gasteiger partial charge in [-0.05, 0) is 19.6 Å². The van der Waals surface area contributed by atoms with E-state index >= 15 is 0 Å². The van der Waals surface area contributed by atoms with Crippen molar-refractivity contribution in [3.63, 3.8) is 0 Å². The van der Waals surface area contributed by atoms with Crippen LogP contribution in [0.5, 0.6) is 5.75 Å². The average Bonchev–Trinajstić information content (AvgIpc) is 2.20. The van der Waals surface area contributed by atoms with E-state index in [1.165, 1.54) is 18.2 Å². The van der Waals surface area contributed by atoms with Crippen LogP contribution >= 0.6 is 0 Å². The van der Waals surface area contributed by atoms with Gasteiger partial charge >= 0.3 is 37.7 Å². The van der Waals surface area contributed by atoms with Gasteiger partial charge in [0.1, 0.15) is 0 Å². The second-order valence-corrected chi connectivity index (χ2v) is 2.51. The third-order valence-corrected chi connectivity index (χ3v) is 1.47. The summed E-state index contributed by atoms with van der Waals surface area (Å²) in [5.41, 5.74) is -0.373. The van der Waals surface area contributed by atoms with Gasteiger partial charge in [0.25, 0.3) is 5.69 Å². The Kier molecular flexibility index (Phi) is 17.5. The maximum absolute atomic E-state index is 10.6. The number of hydrogen-bond donors (Lipinski definition) is 0. The minimum absolute atomic E-state index is 0. The van der Waals surface area contributed by atoms with Gasteiger partial charge in [-0.1, -0.05) is 18.2 Å². The van der Waals surface area contributed by atoms with Crippen LogP contribution in [0.15, 0.2) is 24.3 Å². The molecule has 0 saturated carbocycles. The third kappa shape index (κ3) is 10.4. The second-order valence-electron chi connectivity index (χ2n) is 2.51. The average molecular weight is 227 g/mol. The first kappa shape index (κ1) is 21.8. The molecule has 0 aromatic heterocycles. The van der Waals surface area contributed by atoms with Crippen molar-refractivity contribution in [1.29, 1.82) is 0 Å². The number of nitro groups is 1. The molecule has 0 aliphatic rings. The minimum atomic E-state index is -0.692.